The Labute approximate surface area is 82.8 Å². The second-order valence-electron chi connectivity index (χ2n) is 3.31. The Hall–Kier alpha value is -1.55. The average molecular weight is 190 g/mol. The quantitative estimate of drug-likeness (QED) is 0.747. The summed E-state index contributed by atoms with van der Waals surface area (Å²) in [4.78, 5) is 7.57. The van der Waals surface area contributed by atoms with Crippen molar-refractivity contribution in [2.75, 3.05) is 0 Å². The van der Waals surface area contributed by atoms with Gasteiger partial charge >= 0.3 is 0 Å². The predicted molar refractivity (Wildman–Crippen MR) is 55.6 cm³/mol. The van der Waals surface area contributed by atoms with E-state index in [4.69, 9.17) is 5.73 Å². The highest BCUT2D eigenvalue weighted by molar-refractivity contribution is 5.58. The lowest BCUT2D eigenvalue weighted by atomic mass is 10.2. The Balaban J connectivity index is 2.58. The first-order chi connectivity index (χ1) is 6.74. The Bertz CT molecular complexity index is 425. The maximum atomic E-state index is 5.59. The maximum absolute atomic E-state index is 5.59. The van der Waals surface area contributed by atoms with Crippen LogP contribution in [0.15, 0.2) is 18.3 Å². The van der Waals surface area contributed by atoms with Crippen molar-refractivity contribution in [2.45, 2.75) is 13.5 Å². The lowest BCUT2D eigenvalue weighted by Crippen LogP contribution is -2.05. The van der Waals surface area contributed by atoms with E-state index in [1.165, 1.54) is 0 Å². The summed E-state index contributed by atoms with van der Waals surface area (Å²) in [6, 6.07) is 4.01. The van der Waals surface area contributed by atoms with Crippen molar-refractivity contribution in [3.8, 4) is 11.4 Å². The number of hydrogen-bond acceptors (Lipinski definition) is 2. The van der Waals surface area contributed by atoms with Crippen LogP contribution >= 0.6 is 0 Å². The molecule has 0 aliphatic heterocycles. The number of aromatic nitrogens is 3. The molecule has 0 radical (unpaired) electrons. The third kappa shape index (κ3) is 1.24. The van der Waals surface area contributed by atoms with Crippen LogP contribution in [0.25, 0.3) is 11.4 Å². The molecule has 0 saturated carbocycles. The molecule has 0 spiro atoms. The fourth-order valence-corrected chi connectivity index (χ4v) is 1.73. The summed E-state index contributed by atoms with van der Waals surface area (Å²) in [5.74, 6) is 0.909. The predicted octanol–water partition coefficient (Wildman–Crippen LogP) is 1.18. The maximum Gasteiger partial charge on any atom is 0.123 e. The second-order valence-corrected chi connectivity index (χ2v) is 3.31. The zero-order chi connectivity index (χ0) is 10.1. The number of rotatable bonds is 2. The summed E-state index contributed by atoms with van der Waals surface area (Å²) in [6.45, 7) is 2.47. The largest absolute Gasteiger partial charge is 0.360 e. The lowest BCUT2D eigenvalue weighted by molar-refractivity contribution is 0.797. The molecule has 2 heterocycles. The molecule has 0 aliphatic carbocycles. The first kappa shape index (κ1) is 9.02. The highest BCUT2D eigenvalue weighted by Gasteiger charge is 2.12. The summed E-state index contributed by atoms with van der Waals surface area (Å²) in [5.41, 5.74) is 8.79. The molecule has 14 heavy (non-hydrogen) atoms. The van der Waals surface area contributed by atoms with E-state index in [9.17, 15) is 0 Å². The molecule has 74 valence electrons. The summed E-state index contributed by atoms with van der Waals surface area (Å²) in [7, 11) is 1.98. The minimum atomic E-state index is 0.470. The second kappa shape index (κ2) is 3.31. The smallest absolute Gasteiger partial charge is 0.123 e. The van der Waals surface area contributed by atoms with Crippen LogP contribution in [0.1, 0.15) is 11.5 Å². The molecule has 4 heteroatoms. The van der Waals surface area contributed by atoms with Crippen molar-refractivity contribution in [1.29, 1.82) is 0 Å². The molecule has 3 N–H and O–H groups in total. The SMILES string of the molecule is Cc1nc(CN)n(C)c1-c1ccc[nH]1. The number of H-pyrrole nitrogens is 1. The topological polar surface area (TPSA) is 59.6 Å². The molecule has 0 aliphatic rings. The molecule has 0 bridgehead atoms. The molecule has 2 aromatic rings. The van der Waals surface area contributed by atoms with Crippen molar-refractivity contribution in [3.05, 3.63) is 29.8 Å². The molecular weight excluding hydrogens is 176 g/mol. The van der Waals surface area contributed by atoms with Gasteiger partial charge in [-0.05, 0) is 19.1 Å². The van der Waals surface area contributed by atoms with Crippen LogP contribution in [0.3, 0.4) is 0 Å². The Morgan fingerprint density at radius 2 is 2.36 bits per heavy atom. The van der Waals surface area contributed by atoms with E-state index in [0.29, 0.717) is 6.54 Å². The number of imidazole rings is 1. The molecule has 2 aromatic heterocycles. The van der Waals surface area contributed by atoms with Gasteiger partial charge in [-0.25, -0.2) is 4.98 Å². The van der Waals surface area contributed by atoms with Gasteiger partial charge in [0.1, 0.15) is 5.82 Å². The van der Waals surface area contributed by atoms with E-state index in [1.807, 2.05) is 36.9 Å². The fourth-order valence-electron chi connectivity index (χ4n) is 1.73. The molecule has 0 fully saturated rings. The molecule has 2 rings (SSSR count). The minimum absolute atomic E-state index is 0.470. The number of nitrogens with one attached hydrogen (secondary N) is 1. The number of nitrogens with zero attached hydrogens (tertiary/aromatic N) is 2. The zero-order valence-corrected chi connectivity index (χ0v) is 8.41. The van der Waals surface area contributed by atoms with Gasteiger partial charge in [-0.15, -0.1) is 0 Å². The van der Waals surface area contributed by atoms with Gasteiger partial charge in [0.15, 0.2) is 0 Å². The normalized spacial score (nSPS) is 10.8. The van der Waals surface area contributed by atoms with Gasteiger partial charge in [-0.1, -0.05) is 0 Å². The molecule has 0 saturated heterocycles. The van der Waals surface area contributed by atoms with Gasteiger partial charge in [0, 0.05) is 13.2 Å². The third-order valence-electron chi connectivity index (χ3n) is 2.40. The fraction of sp³-hybridized carbons (Fsp3) is 0.300. The molecule has 0 amide bonds. The van der Waals surface area contributed by atoms with Gasteiger partial charge < -0.3 is 15.3 Å². The molecule has 0 unspecified atom stereocenters. The van der Waals surface area contributed by atoms with E-state index < -0.39 is 0 Å². The van der Waals surface area contributed by atoms with E-state index in [1.54, 1.807) is 0 Å². The first-order valence-electron chi connectivity index (χ1n) is 4.60. The zero-order valence-electron chi connectivity index (χ0n) is 8.41. The van der Waals surface area contributed by atoms with Crippen molar-refractivity contribution < 1.29 is 0 Å². The van der Waals surface area contributed by atoms with Gasteiger partial charge in [-0.2, -0.15) is 0 Å². The van der Waals surface area contributed by atoms with Gasteiger partial charge in [0.25, 0.3) is 0 Å². The highest BCUT2D eigenvalue weighted by Crippen LogP contribution is 2.21. The monoisotopic (exact) mass is 190 g/mol. The van der Waals surface area contributed by atoms with Crippen LogP contribution in [0.2, 0.25) is 0 Å². The molecule has 0 atom stereocenters. The van der Waals surface area contributed by atoms with Crippen molar-refractivity contribution in [2.24, 2.45) is 12.8 Å². The lowest BCUT2D eigenvalue weighted by Gasteiger charge is -2.02. The standard InChI is InChI=1S/C10H14N4/c1-7-10(8-4-3-5-12-8)14(2)9(6-11)13-7/h3-5,12H,6,11H2,1-2H3. The number of hydrogen-bond donors (Lipinski definition) is 2. The summed E-state index contributed by atoms with van der Waals surface area (Å²) >= 11 is 0. The Kier molecular flexibility index (Phi) is 2.13. The van der Waals surface area contributed by atoms with Crippen LogP contribution in [-0.2, 0) is 13.6 Å². The number of aromatic amines is 1. The molecule has 4 nitrogen and oxygen atoms in total. The van der Waals surface area contributed by atoms with Crippen LogP contribution < -0.4 is 5.73 Å². The number of nitrogens with two attached hydrogens (primary N) is 1. The molecular formula is C10H14N4. The Morgan fingerprint density at radius 3 is 2.86 bits per heavy atom. The minimum Gasteiger partial charge on any atom is -0.360 e. The van der Waals surface area contributed by atoms with Crippen molar-refractivity contribution in [3.63, 3.8) is 0 Å². The van der Waals surface area contributed by atoms with Crippen molar-refractivity contribution >= 4 is 0 Å². The van der Waals surface area contributed by atoms with Crippen LogP contribution in [0.5, 0.6) is 0 Å². The average Bonchev–Trinajstić information content (AvgIpc) is 2.74. The molecule has 0 aromatic carbocycles. The van der Waals surface area contributed by atoms with Crippen LogP contribution in [-0.4, -0.2) is 14.5 Å². The van der Waals surface area contributed by atoms with E-state index in [0.717, 1.165) is 22.9 Å². The van der Waals surface area contributed by atoms with Crippen LogP contribution in [0, 0.1) is 6.92 Å². The highest BCUT2D eigenvalue weighted by atomic mass is 15.1. The van der Waals surface area contributed by atoms with E-state index >= 15 is 0 Å². The van der Waals surface area contributed by atoms with E-state index in [2.05, 4.69) is 9.97 Å². The van der Waals surface area contributed by atoms with Crippen molar-refractivity contribution in [1.82, 2.24) is 14.5 Å². The summed E-state index contributed by atoms with van der Waals surface area (Å²) in [5, 5.41) is 0. The van der Waals surface area contributed by atoms with E-state index in [-0.39, 0.29) is 0 Å². The third-order valence-corrected chi connectivity index (χ3v) is 2.40. The van der Waals surface area contributed by atoms with Gasteiger partial charge in [0.2, 0.25) is 0 Å². The Morgan fingerprint density at radius 1 is 1.57 bits per heavy atom. The van der Waals surface area contributed by atoms with Crippen LogP contribution in [0.4, 0.5) is 0 Å². The van der Waals surface area contributed by atoms with Gasteiger partial charge in [0.05, 0.1) is 23.6 Å². The van der Waals surface area contributed by atoms with Gasteiger partial charge in [-0.3, -0.25) is 0 Å². The summed E-state index contributed by atoms with van der Waals surface area (Å²) in [6.07, 6.45) is 1.91. The first-order valence-corrected chi connectivity index (χ1v) is 4.60. The number of aryl methyl sites for hydroxylation is 1. The summed E-state index contributed by atoms with van der Waals surface area (Å²) < 4.78 is 2.03.